The normalized spacial score (nSPS) is 25.9. The average Bonchev–Trinajstić information content (AvgIpc) is 2.93. The first-order valence-corrected chi connectivity index (χ1v) is 7.55. The van der Waals surface area contributed by atoms with Gasteiger partial charge in [-0.3, -0.25) is 9.20 Å². The molecular formula is C11H21N3OS. The highest BCUT2D eigenvalue weighted by molar-refractivity contribution is 7.86. The summed E-state index contributed by atoms with van der Waals surface area (Å²) in [6.07, 6.45) is 7.78. The number of hydrogen-bond acceptors (Lipinski definition) is 2. The number of aliphatic imine (C=N–C) groups is 1. The van der Waals surface area contributed by atoms with Crippen LogP contribution in [0.15, 0.2) is 4.99 Å². The van der Waals surface area contributed by atoms with Crippen LogP contribution >= 0.6 is 0 Å². The molecule has 2 fully saturated rings. The Labute approximate surface area is 99.5 Å². The van der Waals surface area contributed by atoms with Crippen LogP contribution in [0.4, 0.5) is 0 Å². The Hall–Kier alpha value is -0.580. The third-order valence-electron chi connectivity index (χ3n) is 3.75. The van der Waals surface area contributed by atoms with Gasteiger partial charge in [0.1, 0.15) is 0 Å². The maximum Gasteiger partial charge on any atom is 0.188 e. The van der Waals surface area contributed by atoms with Gasteiger partial charge in [0, 0.05) is 23.6 Å². The second-order valence-corrected chi connectivity index (χ2v) is 6.79. The fourth-order valence-corrected chi connectivity index (χ4v) is 2.83. The van der Waals surface area contributed by atoms with Gasteiger partial charge in [0.25, 0.3) is 0 Å². The van der Waals surface area contributed by atoms with Crippen LogP contribution in [0.2, 0.25) is 0 Å². The van der Waals surface area contributed by atoms with Crippen LogP contribution < -0.4 is 11.1 Å². The minimum absolute atomic E-state index is 0.0528. The van der Waals surface area contributed by atoms with Gasteiger partial charge < -0.3 is 11.1 Å². The number of nitrogens with two attached hydrogens (primary N) is 1. The first kappa shape index (κ1) is 11.9. The second kappa shape index (κ2) is 4.73. The zero-order valence-electron chi connectivity index (χ0n) is 9.87. The SMILES string of the molecule is CS(=O)C1(CN=C(N)NCC2CCC2)CC1. The van der Waals surface area contributed by atoms with Crippen molar-refractivity contribution in [1.82, 2.24) is 5.32 Å². The Morgan fingerprint density at radius 1 is 1.56 bits per heavy atom. The molecule has 4 nitrogen and oxygen atoms in total. The van der Waals surface area contributed by atoms with Crippen molar-refractivity contribution in [3.8, 4) is 0 Å². The number of guanidine groups is 1. The van der Waals surface area contributed by atoms with Crippen molar-refractivity contribution in [3.05, 3.63) is 0 Å². The summed E-state index contributed by atoms with van der Waals surface area (Å²) in [5, 5.41) is 3.15. The van der Waals surface area contributed by atoms with E-state index >= 15 is 0 Å². The zero-order valence-corrected chi connectivity index (χ0v) is 10.7. The summed E-state index contributed by atoms with van der Waals surface area (Å²) in [4.78, 5) is 4.30. The van der Waals surface area contributed by atoms with E-state index in [2.05, 4.69) is 10.3 Å². The molecule has 1 unspecified atom stereocenters. The highest BCUT2D eigenvalue weighted by Gasteiger charge is 2.46. The maximum absolute atomic E-state index is 11.4. The quantitative estimate of drug-likeness (QED) is 0.549. The van der Waals surface area contributed by atoms with Gasteiger partial charge in [-0.25, -0.2) is 0 Å². The highest BCUT2D eigenvalue weighted by atomic mass is 32.2. The van der Waals surface area contributed by atoms with Crippen molar-refractivity contribution in [2.45, 2.75) is 36.9 Å². The number of nitrogens with zero attached hydrogens (tertiary/aromatic N) is 1. The summed E-state index contributed by atoms with van der Waals surface area (Å²) in [5.74, 6) is 1.30. The predicted octanol–water partition coefficient (Wildman–Crippen LogP) is 0.602. The topological polar surface area (TPSA) is 67.5 Å². The lowest BCUT2D eigenvalue weighted by atomic mass is 9.85. The summed E-state index contributed by atoms with van der Waals surface area (Å²) < 4.78 is 11.4. The van der Waals surface area contributed by atoms with Crippen LogP contribution in [0.1, 0.15) is 32.1 Å². The molecular weight excluding hydrogens is 222 g/mol. The largest absolute Gasteiger partial charge is 0.370 e. The van der Waals surface area contributed by atoms with Crippen LogP contribution in [-0.2, 0) is 10.8 Å². The van der Waals surface area contributed by atoms with Crippen LogP contribution in [0.25, 0.3) is 0 Å². The molecule has 0 aliphatic heterocycles. The van der Waals surface area contributed by atoms with Crippen molar-refractivity contribution < 1.29 is 4.21 Å². The van der Waals surface area contributed by atoms with E-state index in [4.69, 9.17) is 5.73 Å². The Bertz CT molecular complexity index is 308. The molecule has 0 saturated heterocycles. The fourth-order valence-electron chi connectivity index (χ4n) is 1.91. The molecule has 2 saturated carbocycles. The molecule has 92 valence electrons. The van der Waals surface area contributed by atoms with E-state index in [1.54, 1.807) is 6.26 Å². The van der Waals surface area contributed by atoms with Gasteiger partial charge in [0.05, 0.1) is 11.3 Å². The number of nitrogens with one attached hydrogen (secondary N) is 1. The third-order valence-corrected chi connectivity index (χ3v) is 5.51. The van der Waals surface area contributed by atoms with Crippen LogP contribution in [-0.4, -0.2) is 34.3 Å². The lowest BCUT2D eigenvalue weighted by molar-refractivity contribution is 0.315. The number of hydrogen-bond donors (Lipinski definition) is 2. The monoisotopic (exact) mass is 243 g/mol. The fraction of sp³-hybridized carbons (Fsp3) is 0.909. The maximum atomic E-state index is 11.4. The van der Waals surface area contributed by atoms with Gasteiger partial charge in [-0.15, -0.1) is 0 Å². The molecule has 0 aromatic rings. The predicted molar refractivity (Wildman–Crippen MR) is 67.9 cm³/mol. The molecule has 2 aliphatic rings. The van der Waals surface area contributed by atoms with Gasteiger partial charge in [0.2, 0.25) is 0 Å². The molecule has 1 atom stereocenters. The van der Waals surface area contributed by atoms with Crippen molar-refractivity contribution in [2.24, 2.45) is 16.6 Å². The van der Waals surface area contributed by atoms with Crippen LogP contribution in [0, 0.1) is 5.92 Å². The third kappa shape index (κ3) is 2.75. The molecule has 0 aromatic carbocycles. The smallest absolute Gasteiger partial charge is 0.188 e. The molecule has 0 aromatic heterocycles. The Morgan fingerprint density at radius 3 is 2.69 bits per heavy atom. The van der Waals surface area contributed by atoms with Gasteiger partial charge in [-0.2, -0.15) is 0 Å². The van der Waals surface area contributed by atoms with Gasteiger partial charge in [0.15, 0.2) is 5.96 Å². The lowest BCUT2D eigenvalue weighted by Gasteiger charge is -2.25. The Balaban J connectivity index is 1.71. The van der Waals surface area contributed by atoms with Crippen LogP contribution in [0.5, 0.6) is 0 Å². The van der Waals surface area contributed by atoms with Gasteiger partial charge >= 0.3 is 0 Å². The standard InChI is InChI=1S/C11H21N3OS/c1-16(15)11(5-6-11)8-14-10(12)13-7-9-3-2-4-9/h9H,2-8H2,1H3,(H3,12,13,14). The summed E-state index contributed by atoms with van der Waals surface area (Å²) >= 11 is 0. The number of rotatable bonds is 5. The van der Waals surface area contributed by atoms with E-state index in [1.807, 2.05) is 0 Å². The zero-order chi connectivity index (χ0) is 11.6. The Morgan fingerprint density at radius 2 is 2.25 bits per heavy atom. The first-order valence-electron chi connectivity index (χ1n) is 6.00. The van der Waals surface area contributed by atoms with E-state index in [0.29, 0.717) is 12.5 Å². The molecule has 2 aliphatic carbocycles. The van der Waals surface area contributed by atoms with Crippen molar-refractivity contribution >= 4 is 16.8 Å². The molecule has 3 N–H and O–H groups in total. The summed E-state index contributed by atoms with van der Waals surface area (Å²) in [5.41, 5.74) is 5.78. The summed E-state index contributed by atoms with van der Waals surface area (Å²) in [6.45, 7) is 1.55. The molecule has 0 bridgehead atoms. The summed E-state index contributed by atoms with van der Waals surface area (Å²) in [6, 6.07) is 0. The highest BCUT2D eigenvalue weighted by Crippen LogP contribution is 2.41. The molecule has 0 spiro atoms. The van der Waals surface area contributed by atoms with E-state index < -0.39 is 10.8 Å². The molecule has 0 heterocycles. The van der Waals surface area contributed by atoms with E-state index in [0.717, 1.165) is 25.3 Å². The lowest BCUT2D eigenvalue weighted by Crippen LogP contribution is -2.38. The van der Waals surface area contributed by atoms with Gasteiger partial charge in [-0.1, -0.05) is 6.42 Å². The minimum atomic E-state index is -0.775. The van der Waals surface area contributed by atoms with Gasteiger partial charge in [-0.05, 0) is 31.6 Å². The molecule has 16 heavy (non-hydrogen) atoms. The van der Waals surface area contributed by atoms with E-state index in [-0.39, 0.29) is 4.75 Å². The second-order valence-electron chi connectivity index (χ2n) is 5.02. The molecule has 5 heteroatoms. The molecule has 2 rings (SSSR count). The first-order chi connectivity index (χ1) is 7.62. The molecule has 0 radical (unpaired) electrons. The Kier molecular flexibility index (Phi) is 3.52. The summed E-state index contributed by atoms with van der Waals surface area (Å²) in [7, 11) is -0.775. The van der Waals surface area contributed by atoms with Crippen molar-refractivity contribution in [2.75, 3.05) is 19.3 Å². The molecule has 0 amide bonds. The minimum Gasteiger partial charge on any atom is -0.370 e. The van der Waals surface area contributed by atoms with Crippen molar-refractivity contribution in [1.29, 1.82) is 0 Å². The average molecular weight is 243 g/mol. The van der Waals surface area contributed by atoms with Crippen molar-refractivity contribution in [3.63, 3.8) is 0 Å². The van der Waals surface area contributed by atoms with E-state index in [1.165, 1.54) is 19.3 Å². The van der Waals surface area contributed by atoms with Crippen LogP contribution in [0.3, 0.4) is 0 Å². The van der Waals surface area contributed by atoms with E-state index in [9.17, 15) is 4.21 Å².